The molecule has 0 saturated carbocycles. The summed E-state index contributed by atoms with van der Waals surface area (Å²) in [6.45, 7) is 0. The van der Waals surface area contributed by atoms with Crippen LogP contribution < -0.4 is 22.7 Å². The third-order valence-electron chi connectivity index (χ3n) is 2.16. The Morgan fingerprint density at radius 1 is 1.33 bits per heavy atom. The number of hydrogen-bond acceptors (Lipinski definition) is 4. The summed E-state index contributed by atoms with van der Waals surface area (Å²) < 4.78 is 0.943. The van der Waals surface area contributed by atoms with Gasteiger partial charge >= 0.3 is 0 Å². The van der Waals surface area contributed by atoms with Gasteiger partial charge in [0.05, 0.1) is 5.39 Å². The molecule has 1 aromatic carbocycles. The number of hydrogen-bond donors (Lipinski definition) is 3. The maximum atomic E-state index is 11.7. The molecule has 0 unspecified atom stereocenters. The summed E-state index contributed by atoms with van der Waals surface area (Å²) in [5.41, 5.74) is 2.00. The lowest BCUT2D eigenvalue weighted by atomic mass is 10.2. The summed E-state index contributed by atoms with van der Waals surface area (Å²) in [6, 6.07) is 6.68. The quantitative estimate of drug-likeness (QED) is 0.491. The van der Waals surface area contributed by atoms with Crippen molar-refractivity contribution in [3.63, 3.8) is 0 Å². The van der Waals surface area contributed by atoms with Crippen LogP contribution in [0.2, 0.25) is 5.02 Å². The van der Waals surface area contributed by atoms with E-state index in [9.17, 15) is 4.79 Å². The molecule has 0 aliphatic rings. The van der Waals surface area contributed by atoms with Crippen LogP contribution in [0.25, 0.3) is 10.8 Å². The number of benzene rings is 1. The summed E-state index contributed by atoms with van der Waals surface area (Å²) in [4.78, 5) is 11.7. The van der Waals surface area contributed by atoms with Gasteiger partial charge in [-0.3, -0.25) is 4.79 Å². The number of nitrogen functional groups attached to an aromatic ring is 2. The molecule has 0 amide bonds. The Labute approximate surface area is 90.2 Å². The fourth-order valence-electron chi connectivity index (χ4n) is 1.41. The van der Waals surface area contributed by atoms with Gasteiger partial charge in [0, 0.05) is 5.02 Å². The van der Waals surface area contributed by atoms with E-state index >= 15 is 0 Å². The van der Waals surface area contributed by atoms with E-state index in [0.29, 0.717) is 16.2 Å². The van der Waals surface area contributed by atoms with Crippen molar-refractivity contribution in [1.82, 2.24) is 4.68 Å². The number of aromatic nitrogens is 1. The van der Waals surface area contributed by atoms with Crippen molar-refractivity contribution in [2.45, 2.75) is 0 Å². The molecule has 2 rings (SSSR count). The van der Waals surface area contributed by atoms with Gasteiger partial charge in [-0.25, -0.2) is 10.5 Å². The highest BCUT2D eigenvalue weighted by molar-refractivity contribution is 6.31. The van der Waals surface area contributed by atoms with Crippen LogP contribution in [0.15, 0.2) is 29.1 Å². The van der Waals surface area contributed by atoms with Crippen LogP contribution in [-0.4, -0.2) is 4.68 Å². The highest BCUT2D eigenvalue weighted by Gasteiger charge is 2.06. The molecule has 5 N–H and O–H groups in total. The Morgan fingerprint density at radius 3 is 2.73 bits per heavy atom. The minimum Gasteiger partial charge on any atom is -0.335 e. The van der Waals surface area contributed by atoms with E-state index in [-0.39, 0.29) is 5.56 Å². The lowest BCUT2D eigenvalue weighted by molar-refractivity contribution is 0.948. The number of nitrogens with zero attached hydrogens (tertiary/aromatic N) is 1. The molecular weight excluding hydrogens is 216 g/mol. The molecule has 5 nitrogen and oxygen atoms in total. The van der Waals surface area contributed by atoms with E-state index in [0.717, 1.165) is 10.1 Å². The maximum absolute atomic E-state index is 11.7. The monoisotopic (exact) mass is 224 g/mol. The lowest BCUT2D eigenvalue weighted by Gasteiger charge is -2.08. The van der Waals surface area contributed by atoms with Crippen LogP contribution >= 0.6 is 11.6 Å². The van der Waals surface area contributed by atoms with E-state index in [1.165, 1.54) is 0 Å². The molecule has 78 valence electrons. The second-order valence-electron chi connectivity index (χ2n) is 3.08. The van der Waals surface area contributed by atoms with Crippen LogP contribution in [-0.2, 0) is 0 Å². The molecule has 0 aliphatic carbocycles. The van der Waals surface area contributed by atoms with Gasteiger partial charge in [-0.2, -0.15) is 0 Å². The molecule has 1 heterocycles. The summed E-state index contributed by atoms with van der Waals surface area (Å²) >= 11 is 5.79. The molecule has 1 aromatic heterocycles. The van der Waals surface area contributed by atoms with Gasteiger partial charge in [0.25, 0.3) is 5.56 Å². The van der Waals surface area contributed by atoms with Gasteiger partial charge < -0.3 is 11.3 Å². The molecule has 6 heteroatoms. The Kier molecular flexibility index (Phi) is 2.26. The minimum absolute atomic E-state index is 0.342. The second kappa shape index (κ2) is 3.45. The molecule has 2 aromatic rings. The fraction of sp³-hybridized carbons (Fsp3) is 0. The number of nitrogens with two attached hydrogens (primary N) is 2. The largest absolute Gasteiger partial charge is 0.335 e. The molecule has 0 radical (unpaired) electrons. The van der Waals surface area contributed by atoms with Crippen LogP contribution in [0.5, 0.6) is 0 Å². The van der Waals surface area contributed by atoms with Gasteiger partial charge in [0.15, 0.2) is 0 Å². The average molecular weight is 225 g/mol. The first kappa shape index (κ1) is 9.82. The third-order valence-corrected chi connectivity index (χ3v) is 2.40. The summed E-state index contributed by atoms with van der Waals surface area (Å²) in [7, 11) is 0. The predicted molar refractivity (Wildman–Crippen MR) is 61.2 cm³/mol. The molecule has 0 aliphatic heterocycles. The lowest BCUT2D eigenvalue weighted by Crippen LogP contribution is -2.31. The predicted octanol–water partition coefficient (Wildman–Crippen LogP) is 0.654. The van der Waals surface area contributed by atoms with Crippen LogP contribution in [0.4, 0.5) is 5.82 Å². The van der Waals surface area contributed by atoms with E-state index in [1.807, 2.05) is 0 Å². The molecule has 0 saturated heterocycles. The number of nitrogens with one attached hydrogen (secondary N) is 1. The topological polar surface area (TPSA) is 86.1 Å². The van der Waals surface area contributed by atoms with Crippen LogP contribution in [0, 0.1) is 0 Å². The number of pyridine rings is 1. The number of rotatable bonds is 1. The second-order valence-corrected chi connectivity index (χ2v) is 3.52. The average Bonchev–Trinajstić information content (AvgIpc) is 2.24. The van der Waals surface area contributed by atoms with Crippen molar-refractivity contribution in [2.75, 3.05) is 11.3 Å². The summed E-state index contributed by atoms with van der Waals surface area (Å²) in [6.07, 6.45) is 0. The number of halogens is 1. The maximum Gasteiger partial charge on any atom is 0.278 e. The zero-order valence-corrected chi connectivity index (χ0v) is 8.45. The van der Waals surface area contributed by atoms with Crippen molar-refractivity contribution in [3.05, 3.63) is 39.6 Å². The van der Waals surface area contributed by atoms with Gasteiger partial charge in [0.1, 0.15) is 5.82 Å². The Balaban J connectivity index is 2.91. The SMILES string of the molecule is NNc1cc2ccc(Cl)cc2c(=O)n1N. The minimum atomic E-state index is -0.344. The Morgan fingerprint density at radius 2 is 2.07 bits per heavy atom. The highest BCUT2D eigenvalue weighted by Crippen LogP contribution is 2.18. The molecule has 15 heavy (non-hydrogen) atoms. The fourth-order valence-corrected chi connectivity index (χ4v) is 1.58. The van der Waals surface area contributed by atoms with E-state index in [2.05, 4.69) is 5.43 Å². The smallest absolute Gasteiger partial charge is 0.278 e. The van der Waals surface area contributed by atoms with Gasteiger partial charge in [-0.15, -0.1) is 0 Å². The Hall–Kier alpha value is -1.72. The van der Waals surface area contributed by atoms with Gasteiger partial charge in [-0.1, -0.05) is 17.7 Å². The number of anilines is 1. The van der Waals surface area contributed by atoms with Crippen molar-refractivity contribution < 1.29 is 0 Å². The van der Waals surface area contributed by atoms with Crippen LogP contribution in [0.1, 0.15) is 0 Å². The number of hydrazine groups is 1. The molecular formula is C9H9ClN4O. The molecule has 0 atom stereocenters. The van der Waals surface area contributed by atoms with Crippen molar-refractivity contribution >= 4 is 28.2 Å². The van der Waals surface area contributed by atoms with Crippen molar-refractivity contribution in [1.29, 1.82) is 0 Å². The summed E-state index contributed by atoms with van der Waals surface area (Å²) in [5.74, 6) is 11.1. The first-order valence-corrected chi connectivity index (χ1v) is 4.58. The van der Waals surface area contributed by atoms with E-state index in [1.54, 1.807) is 24.3 Å². The third kappa shape index (κ3) is 1.51. The van der Waals surface area contributed by atoms with Gasteiger partial charge in [0.2, 0.25) is 0 Å². The molecule has 0 fully saturated rings. The van der Waals surface area contributed by atoms with E-state index in [4.69, 9.17) is 23.3 Å². The van der Waals surface area contributed by atoms with E-state index < -0.39 is 0 Å². The zero-order valence-electron chi connectivity index (χ0n) is 7.70. The first-order valence-electron chi connectivity index (χ1n) is 4.20. The summed E-state index contributed by atoms with van der Waals surface area (Å²) in [5, 5.41) is 1.69. The molecule has 0 bridgehead atoms. The standard InChI is InChI=1S/C9H9ClN4O/c10-6-2-1-5-3-8(13-11)14(12)9(15)7(5)4-6/h1-4,13H,11-12H2. The zero-order chi connectivity index (χ0) is 11.0. The highest BCUT2D eigenvalue weighted by atomic mass is 35.5. The van der Waals surface area contributed by atoms with Crippen molar-refractivity contribution in [3.8, 4) is 0 Å². The van der Waals surface area contributed by atoms with Crippen molar-refractivity contribution in [2.24, 2.45) is 5.84 Å². The van der Waals surface area contributed by atoms with Gasteiger partial charge in [-0.05, 0) is 23.6 Å². The Bertz CT molecular complexity index is 578. The molecule has 0 spiro atoms. The van der Waals surface area contributed by atoms with Crippen LogP contribution in [0.3, 0.4) is 0 Å². The normalized spacial score (nSPS) is 10.5. The number of fused-ring (bicyclic) bond motifs is 1. The first-order chi connectivity index (χ1) is 7.13.